The summed E-state index contributed by atoms with van der Waals surface area (Å²) in [5.74, 6) is 0. The molecule has 1 unspecified atom stereocenters. The summed E-state index contributed by atoms with van der Waals surface area (Å²) in [6, 6.07) is 41.4. The summed E-state index contributed by atoms with van der Waals surface area (Å²) in [6.45, 7) is 59.5. The van der Waals surface area contributed by atoms with Crippen molar-refractivity contribution in [3.63, 3.8) is 0 Å². The smallest absolute Gasteiger partial charge is 0.407 e. The Hall–Kier alpha value is -7.55. The Morgan fingerprint density at radius 3 is 1.20 bits per heavy atom. The molecule has 1 aliphatic carbocycles. The number of fused-ring (bicyclic) bond motifs is 1. The van der Waals surface area contributed by atoms with Crippen LogP contribution in [0.4, 0.5) is 24.0 Å². The summed E-state index contributed by atoms with van der Waals surface area (Å²) in [6.07, 6.45) is -21.9. The summed E-state index contributed by atoms with van der Waals surface area (Å²) in [7, 11) is -15.2. The van der Waals surface area contributed by atoms with Gasteiger partial charge in [0.15, 0.2) is 66.7 Å². The predicted octanol–water partition coefficient (Wildman–Crippen LogP) is 19.1. The monoisotopic (exact) mass is 1930 g/mol. The van der Waals surface area contributed by atoms with E-state index in [1.165, 1.54) is 6.08 Å². The zero-order chi connectivity index (χ0) is 97.5. The van der Waals surface area contributed by atoms with Crippen LogP contribution in [0.3, 0.4) is 0 Å². The van der Waals surface area contributed by atoms with Crippen LogP contribution in [0, 0.1) is 0 Å². The molecule has 0 radical (unpaired) electrons. The van der Waals surface area contributed by atoms with Gasteiger partial charge in [-0.1, -0.05) is 274 Å². The molecule has 736 valence electrons. The predicted molar refractivity (Wildman–Crippen MR) is 520 cm³/mol. The average Bonchev–Trinajstić information content (AvgIpc) is 1.73. The Labute approximate surface area is 794 Å². The molecule has 4 heterocycles. The number of rotatable bonds is 37. The third-order valence-corrected chi connectivity index (χ3v) is 50.1. The summed E-state index contributed by atoms with van der Waals surface area (Å²) < 4.78 is 136. The van der Waals surface area contributed by atoms with Gasteiger partial charge in [-0.15, -0.1) is 6.58 Å². The lowest BCUT2D eigenvalue weighted by Gasteiger charge is -2.54. The molecule has 5 aromatic rings. The minimum Gasteiger partial charge on any atom is -0.445 e. The van der Waals surface area contributed by atoms with E-state index >= 15 is 14.4 Å². The zero-order valence-electron chi connectivity index (χ0n) is 82.9. The van der Waals surface area contributed by atoms with Crippen LogP contribution in [-0.4, -0.2) is 221 Å². The van der Waals surface area contributed by atoms with Crippen molar-refractivity contribution in [3.8, 4) is 0 Å². The summed E-state index contributed by atoms with van der Waals surface area (Å²) in [5, 5.41) is 13.4. The summed E-state index contributed by atoms with van der Waals surface area (Å²) >= 11 is 0. The van der Waals surface area contributed by atoms with Crippen LogP contribution in [0.2, 0.25) is 90.7 Å². The number of ether oxygens (including phenoxy) is 14. The van der Waals surface area contributed by atoms with Crippen LogP contribution < -0.4 is 26.6 Å². The molecule has 133 heavy (non-hydrogen) atoms. The molecule has 29 nitrogen and oxygen atoms in total. The molecule has 5 aromatic carbocycles. The third-order valence-electron chi connectivity index (χ3n) is 27.7. The van der Waals surface area contributed by atoms with E-state index in [4.69, 9.17) is 88.4 Å². The van der Waals surface area contributed by atoms with E-state index in [-0.39, 0.29) is 70.9 Å². The normalized spacial score (nSPS) is 26.9. The highest BCUT2D eigenvalue weighted by molar-refractivity contribution is 6.76. The second kappa shape index (κ2) is 45.8. The molecule has 1 saturated carbocycles. The lowest BCUT2D eigenvalue weighted by atomic mass is 9.83. The van der Waals surface area contributed by atoms with Gasteiger partial charge < -0.3 is 115 Å². The first-order chi connectivity index (χ1) is 62.3. The number of amides is 5. The highest BCUT2D eigenvalue weighted by Gasteiger charge is 2.63. The number of carbonyl (C=O) groups is 5. The van der Waals surface area contributed by atoms with Crippen molar-refractivity contribution < 1.29 is 112 Å². The van der Waals surface area contributed by atoms with E-state index in [0.29, 0.717) is 11.1 Å². The number of hydrogen-bond acceptors (Lipinski definition) is 24. The van der Waals surface area contributed by atoms with Crippen LogP contribution in [0.25, 0.3) is 0 Å². The molecule has 5 amide bonds. The first-order valence-electron chi connectivity index (χ1n) is 46.5. The van der Waals surface area contributed by atoms with E-state index < -0.39 is 215 Å². The topological polar surface area (TPSA) is 321 Å². The first kappa shape index (κ1) is 107. The maximum Gasteiger partial charge on any atom is 0.407 e. The quantitative estimate of drug-likeness (QED) is 0.0140. The molecule has 5 aliphatic rings. The number of hydrogen-bond donors (Lipinski definition) is 5. The van der Waals surface area contributed by atoms with Crippen LogP contribution in [-0.2, 0) is 115 Å². The maximum atomic E-state index is 15.4. The standard InChI is InChI=1S/C99H151N5O24Si5/c1-28-55-110-77-70(101-91(106)111-56-29-2)57-71(102-92(107)114-60-66-47-37-31-38-48-66)78(121-88-75(103-93(108)115-61-67-49-39-32-40-50-67)82(126-131(22,23)97(9,10)11)79-73(119-88)63-112-86(122-79)69-53-43-34-44-54-69)84(77)124-89-85(128-133(26,27)99(15,16)17)80(74(120-89)64-117-129(18,19)95(3,4)5)123-87-76(104-94(109)116-62-68-51-41-33-42-52-68)83(127-132(24,25)98(12,13)14)81(125-130(20,21)96(6,7)8)72(118-87)58-100-90(105)113-59-65-45-35-30-36-46-65/h28-54,70-89H,1-2,55-64H2,3-27H3,(H,100,105)(H,101,106)(H,102,107)(H,103,108)(H,104,109)/t70-,71+,72+,73-,74-,75-,76-,77+,78-,79-,80-,81-,82-,83-,84-,85-,86?,87-,88-,89+/m1/s1. The summed E-state index contributed by atoms with van der Waals surface area (Å²) in [4.78, 5) is 75.0. The maximum absolute atomic E-state index is 15.4. The van der Waals surface area contributed by atoms with Crippen molar-refractivity contribution in [2.75, 3.05) is 33.0 Å². The Morgan fingerprint density at radius 1 is 0.376 bits per heavy atom. The molecule has 4 saturated heterocycles. The van der Waals surface area contributed by atoms with Gasteiger partial charge in [-0.05, 0) is 119 Å². The molecule has 4 aliphatic heterocycles. The van der Waals surface area contributed by atoms with Crippen LogP contribution in [0.1, 0.15) is 144 Å². The fourth-order valence-electron chi connectivity index (χ4n) is 14.8. The number of carbonyl (C=O) groups excluding carboxylic acids is 5. The van der Waals surface area contributed by atoms with Gasteiger partial charge in [0, 0.05) is 12.1 Å². The van der Waals surface area contributed by atoms with E-state index in [1.807, 2.05) is 152 Å². The molecular weight excluding hydrogens is 1780 g/mol. The summed E-state index contributed by atoms with van der Waals surface area (Å²) in [5.41, 5.74) is 3.59. The van der Waals surface area contributed by atoms with Gasteiger partial charge in [0.05, 0.1) is 44.1 Å². The zero-order valence-corrected chi connectivity index (χ0v) is 87.9. The fraction of sp³-hybridized carbons (Fsp3) is 0.606. The van der Waals surface area contributed by atoms with Crippen molar-refractivity contribution in [1.29, 1.82) is 0 Å². The van der Waals surface area contributed by atoms with Gasteiger partial charge in [-0.2, -0.15) is 0 Å². The fourth-order valence-corrected chi connectivity index (χ4v) is 21.1. The van der Waals surface area contributed by atoms with E-state index in [1.54, 1.807) is 6.08 Å². The Balaban J connectivity index is 1.21. The lowest BCUT2D eigenvalue weighted by Crippen LogP contribution is -2.72. The Kier molecular flexibility index (Phi) is 37.0. The third kappa shape index (κ3) is 29.1. The molecule has 0 spiro atoms. The first-order valence-corrected chi connectivity index (χ1v) is 61.1. The van der Waals surface area contributed by atoms with Crippen molar-refractivity contribution >= 4 is 72.1 Å². The molecule has 5 N–H and O–H groups in total. The molecule has 10 rings (SSSR count). The SMILES string of the molecule is C=CCOC(=O)N[C@@H]1C[C@H](NC(=O)OCc2ccccc2)[C@@H](O[C@H]2O[C@@H]3COC(c4ccccc4)O[C@H]3[C@H](O[Si](C)(C)C(C)(C)C)[C@H]2NC(=O)OCc2ccccc2)[C@H](O[C@@H]2O[C@H](CO[Si](C)(C)C(C)(C)C)[C@@H](O[C@H]3O[C@@H](CNC(=O)OCc4ccccc4)[C@@H](O[Si](C)(C)C(C)(C)C)[C@H](O[Si](C)(C)C(C)(C)C)[C@H]3NC(=O)OCc3ccccc3)[C@H]2O[Si](C)(C)C(C)(C)C)[C@H]1OCC=C. The van der Waals surface area contributed by atoms with E-state index in [2.05, 4.69) is 209 Å². The van der Waals surface area contributed by atoms with Gasteiger partial charge in [-0.25, -0.2) is 24.0 Å². The van der Waals surface area contributed by atoms with Crippen molar-refractivity contribution in [2.24, 2.45) is 0 Å². The highest BCUT2D eigenvalue weighted by atomic mass is 28.4. The van der Waals surface area contributed by atoms with Crippen LogP contribution in [0.5, 0.6) is 0 Å². The van der Waals surface area contributed by atoms with Gasteiger partial charge in [0.2, 0.25) is 0 Å². The Morgan fingerprint density at radius 2 is 0.744 bits per heavy atom. The van der Waals surface area contributed by atoms with Gasteiger partial charge in [0.25, 0.3) is 0 Å². The average molecular weight is 1940 g/mol. The molecule has 34 heteroatoms. The molecule has 0 aromatic heterocycles. The molecule has 0 bridgehead atoms. The highest BCUT2D eigenvalue weighted by Crippen LogP contribution is 2.50. The van der Waals surface area contributed by atoms with Gasteiger partial charge in [-0.3, -0.25) is 0 Å². The molecule has 5 fully saturated rings. The molecule has 20 atom stereocenters. The van der Waals surface area contributed by atoms with Crippen LogP contribution in [0.15, 0.2) is 177 Å². The van der Waals surface area contributed by atoms with Crippen molar-refractivity contribution in [3.05, 3.63) is 205 Å². The second-order valence-electron chi connectivity index (χ2n) is 42.7. The van der Waals surface area contributed by atoms with E-state index in [9.17, 15) is 9.59 Å². The van der Waals surface area contributed by atoms with Gasteiger partial charge >= 0.3 is 30.5 Å². The Bertz CT molecular complexity index is 4540. The minimum absolute atomic E-state index is 0.0414. The molecular formula is C99H151N5O24Si5. The van der Waals surface area contributed by atoms with Crippen LogP contribution >= 0.6 is 0 Å². The number of nitrogens with one attached hydrogen (secondary N) is 5. The number of benzene rings is 5. The largest absolute Gasteiger partial charge is 0.445 e. The second-order valence-corrected chi connectivity index (χ2v) is 66.6. The number of alkyl carbamates (subject to hydrolysis) is 5. The van der Waals surface area contributed by atoms with Gasteiger partial charge in [0.1, 0.15) is 106 Å². The van der Waals surface area contributed by atoms with Crippen molar-refractivity contribution in [2.45, 2.75) is 350 Å². The van der Waals surface area contributed by atoms with E-state index in [0.717, 1.165) is 16.7 Å². The lowest BCUT2D eigenvalue weighted by molar-refractivity contribution is -0.357. The minimum atomic E-state index is -3.27. The van der Waals surface area contributed by atoms with Crippen molar-refractivity contribution in [1.82, 2.24) is 26.6 Å².